The van der Waals surface area contributed by atoms with E-state index in [0.717, 1.165) is 6.07 Å². The fourth-order valence-electron chi connectivity index (χ4n) is 1.44. The number of aromatic nitrogens is 1. The average Bonchev–Trinajstić information content (AvgIpc) is 2.30. The lowest BCUT2D eigenvalue weighted by molar-refractivity contribution is -0.142. The minimum Gasteiger partial charge on any atom is -0.466 e. The van der Waals surface area contributed by atoms with Crippen LogP contribution < -0.4 is 5.56 Å². The summed E-state index contributed by atoms with van der Waals surface area (Å²) in [7, 11) is 0. The molecule has 0 radical (unpaired) electrons. The summed E-state index contributed by atoms with van der Waals surface area (Å²) in [5.41, 5.74) is -1.98. The van der Waals surface area contributed by atoms with Crippen LogP contribution in [0.4, 0.5) is 8.78 Å². The molecule has 0 aromatic carbocycles. The molecule has 1 heterocycles. The van der Waals surface area contributed by atoms with Crippen LogP contribution in [0.5, 0.6) is 0 Å². The number of carbonyl (C=O) groups excluding carboxylic acids is 1. The van der Waals surface area contributed by atoms with Crippen molar-refractivity contribution in [3.05, 3.63) is 33.2 Å². The fraction of sp³-hybridized carbons (Fsp3) is 0.364. The van der Waals surface area contributed by atoms with Crippen LogP contribution in [0.2, 0.25) is 0 Å². The molecule has 18 heavy (non-hydrogen) atoms. The van der Waals surface area contributed by atoms with Gasteiger partial charge in [0.15, 0.2) is 0 Å². The zero-order valence-corrected chi connectivity index (χ0v) is 9.50. The third-order valence-corrected chi connectivity index (χ3v) is 2.15. The maximum absolute atomic E-state index is 12.7. The summed E-state index contributed by atoms with van der Waals surface area (Å²) in [6, 6.07) is 2.49. The highest BCUT2D eigenvalue weighted by atomic mass is 19.3. The molecule has 1 aromatic heterocycles. The molecule has 0 fully saturated rings. The van der Waals surface area contributed by atoms with Gasteiger partial charge in [0.25, 0.3) is 6.43 Å². The van der Waals surface area contributed by atoms with Gasteiger partial charge in [0.1, 0.15) is 0 Å². The predicted octanol–water partition coefficient (Wildman–Crippen LogP) is 1.29. The highest BCUT2D eigenvalue weighted by Crippen LogP contribution is 2.22. The molecule has 0 saturated carbocycles. The van der Waals surface area contributed by atoms with E-state index in [4.69, 9.17) is 5.26 Å². The second-order valence-electron chi connectivity index (χ2n) is 3.33. The highest BCUT2D eigenvalue weighted by molar-refractivity contribution is 5.74. The molecular weight excluding hydrogens is 246 g/mol. The van der Waals surface area contributed by atoms with Crippen LogP contribution in [-0.4, -0.2) is 17.6 Å². The van der Waals surface area contributed by atoms with Crippen LogP contribution in [0.15, 0.2) is 10.9 Å². The average molecular weight is 256 g/mol. The Bertz CT molecular complexity index is 546. The van der Waals surface area contributed by atoms with E-state index in [1.807, 2.05) is 4.98 Å². The summed E-state index contributed by atoms with van der Waals surface area (Å²) < 4.78 is 30.1. The van der Waals surface area contributed by atoms with Crippen LogP contribution in [-0.2, 0) is 16.0 Å². The van der Waals surface area contributed by atoms with Crippen molar-refractivity contribution < 1.29 is 18.3 Å². The maximum Gasteiger partial charge on any atom is 0.310 e. The SMILES string of the molecule is CCOC(=O)Cc1c(C#N)cc(=O)[nH]c1C(F)F. The lowest BCUT2D eigenvalue weighted by atomic mass is 10.0. The molecule has 0 saturated heterocycles. The molecule has 0 aliphatic carbocycles. The third kappa shape index (κ3) is 3.13. The summed E-state index contributed by atoms with van der Waals surface area (Å²) in [5.74, 6) is -0.733. The van der Waals surface area contributed by atoms with E-state index in [1.165, 1.54) is 0 Å². The van der Waals surface area contributed by atoms with Crippen LogP contribution in [0.3, 0.4) is 0 Å². The van der Waals surface area contributed by atoms with Crippen molar-refractivity contribution in [3.63, 3.8) is 0 Å². The van der Waals surface area contributed by atoms with E-state index >= 15 is 0 Å². The Balaban J connectivity index is 3.26. The van der Waals surface area contributed by atoms with Gasteiger partial charge in [-0.15, -0.1) is 0 Å². The Labute approximate surface area is 101 Å². The smallest absolute Gasteiger partial charge is 0.310 e. The van der Waals surface area contributed by atoms with E-state index in [1.54, 1.807) is 13.0 Å². The van der Waals surface area contributed by atoms with E-state index in [0.29, 0.717) is 0 Å². The minimum atomic E-state index is -2.98. The van der Waals surface area contributed by atoms with Crippen LogP contribution >= 0.6 is 0 Å². The standard InChI is InChI=1S/C11H10F2N2O3/c1-2-18-9(17)4-7-6(5-14)3-8(16)15-10(7)11(12)13/h3,11H,2,4H2,1H3,(H,15,16). The quantitative estimate of drug-likeness (QED) is 0.823. The number of nitrogens with one attached hydrogen (secondary N) is 1. The van der Waals surface area contributed by atoms with Gasteiger partial charge in [0, 0.05) is 11.6 Å². The highest BCUT2D eigenvalue weighted by Gasteiger charge is 2.21. The second-order valence-corrected chi connectivity index (χ2v) is 3.33. The minimum absolute atomic E-state index is 0.105. The van der Waals surface area contributed by atoms with E-state index in [2.05, 4.69) is 4.74 Å². The molecule has 96 valence electrons. The van der Waals surface area contributed by atoms with Crippen LogP contribution in [0.1, 0.15) is 30.2 Å². The maximum atomic E-state index is 12.7. The first-order valence-corrected chi connectivity index (χ1v) is 5.09. The summed E-state index contributed by atoms with van der Waals surface area (Å²) in [5, 5.41) is 8.79. The van der Waals surface area contributed by atoms with Gasteiger partial charge >= 0.3 is 5.97 Å². The summed E-state index contributed by atoms with van der Waals surface area (Å²) in [4.78, 5) is 24.3. The van der Waals surface area contributed by atoms with Gasteiger partial charge in [-0.05, 0) is 6.92 Å². The molecule has 0 amide bonds. The van der Waals surface area contributed by atoms with Gasteiger partial charge in [0.05, 0.1) is 30.4 Å². The molecule has 0 aliphatic rings. The van der Waals surface area contributed by atoms with E-state index in [-0.39, 0.29) is 17.7 Å². The summed E-state index contributed by atoms with van der Waals surface area (Å²) >= 11 is 0. The number of nitriles is 1. The Kier molecular flexibility index (Phi) is 4.54. The molecule has 0 bridgehead atoms. The van der Waals surface area contributed by atoms with Crippen molar-refractivity contribution in [2.75, 3.05) is 6.61 Å². The van der Waals surface area contributed by atoms with E-state index in [9.17, 15) is 18.4 Å². The molecule has 1 aromatic rings. The van der Waals surface area contributed by atoms with Crippen molar-refractivity contribution in [1.29, 1.82) is 5.26 Å². The number of nitrogens with zero attached hydrogens (tertiary/aromatic N) is 1. The molecular formula is C11H10F2N2O3. The zero-order valence-electron chi connectivity index (χ0n) is 9.50. The van der Waals surface area contributed by atoms with Crippen LogP contribution in [0, 0.1) is 11.3 Å². The first kappa shape index (κ1) is 13.8. The number of alkyl halides is 2. The number of pyridine rings is 1. The first-order chi connectivity index (χ1) is 8.49. The van der Waals surface area contributed by atoms with Gasteiger partial charge in [-0.3, -0.25) is 9.59 Å². The molecule has 0 atom stereocenters. The molecule has 1 rings (SSSR count). The monoisotopic (exact) mass is 256 g/mol. The molecule has 0 unspecified atom stereocenters. The number of hydrogen-bond acceptors (Lipinski definition) is 4. The van der Waals surface area contributed by atoms with E-state index < -0.39 is 30.1 Å². The van der Waals surface area contributed by atoms with Crippen molar-refractivity contribution in [3.8, 4) is 6.07 Å². The lowest BCUT2D eigenvalue weighted by Crippen LogP contribution is -2.17. The summed E-state index contributed by atoms with van der Waals surface area (Å²) in [6.45, 7) is 1.68. The second kappa shape index (κ2) is 5.91. The molecule has 5 nitrogen and oxygen atoms in total. The van der Waals surface area contributed by atoms with Crippen LogP contribution in [0.25, 0.3) is 0 Å². The van der Waals surface area contributed by atoms with Gasteiger partial charge in [0.2, 0.25) is 5.56 Å². The van der Waals surface area contributed by atoms with Crippen molar-refractivity contribution in [1.82, 2.24) is 4.98 Å². The summed E-state index contributed by atoms with van der Waals surface area (Å²) in [6.07, 6.45) is -3.46. The number of hydrogen-bond donors (Lipinski definition) is 1. The number of esters is 1. The number of rotatable bonds is 4. The number of halogens is 2. The molecule has 0 spiro atoms. The predicted molar refractivity (Wildman–Crippen MR) is 57.1 cm³/mol. The normalized spacial score (nSPS) is 10.2. The largest absolute Gasteiger partial charge is 0.466 e. The molecule has 0 aliphatic heterocycles. The Hall–Kier alpha value is -2.23. The van der Waals surface area contributed by atoms with Gasteiger partial charge in [-0.25, -0.2) is 8.78 Å². The van der Waals surface area contributed by atoms with Crippen molar-refractivity contribution >= 4 is 5.97 Å². The van der Waals surface area contributed by atoms with Gasteiger partial charge < -0.3 is 9.72 Å². The van der Waals surface area contributed by atoms with Gasteiger partial charge in [-0.1, -0.05) is 0 Å². The van der Waals surface area contributed by atoms with Crippen molar-refractivity contribution in [2.45, 2.75) is 19.8 Å². The van der Waals surface area contributed by atoms with Gasteiger partial charge in [-0.2, -0.15) is 5.26 Å². The lowest BCUT2D eigenvalue weighted by Gasteiger charge is -2.09. The Morgan fingerprint density at radius 3 is 2.78 bits per heavy atom. The number of carbonyl (C=O) groups is 1. The number of aromatic amines is 1. The first-order valence-electron chi connectivity index (χ1n) is 5.09. The Morgan fingerprint density at radius 2 is 2.28 bits per heavy atom. The molecule has 1 N–H and O–H groups in total. The third-order valence-electron chi connectivity index (χ3n) is 2.15. The fourth-order valence-corrected chi connectivity index (χ4v) is 1.44. The topological polar surface area (TPSA) is 82.9 Å². The number of H-pyrrole nitrogens is 1. The zero-order chi connectivity index (χ0) is 13.7. The molecule has 7 heteroatoms. The Morgan fingerprint density at radius 1 is 1.61 bits per heavy atom. The van der Waals surface area contributed by atoms with Crippen molar-refractivity contribution in [2.24, 2.45) is 0 Å². The number of ether oxygens (including phenoxy) is 1.